The van der Waals surface area contributed by atoms with Gasteiger partial charge in [0.05, 0.1) is 17.1 Å². The van der Waals surface area contributed by atoms with Crippen LogP contribution in [0, 0.1) is 0 Å². The summed E-state index contributed by atoms with van der Waals surface area (Å²) in [6, 6.07) is 13.4. The number of halogens is 1. The SMILES string of the molecule is O=C1COc2ccc(C3=NNC(=Nc4cccc(Br)c4)SC3)cc2N1. The van der Waals surface area contributed by atoms with Gasteiger partial charge < -0.3 is 10.1 Å². The average Bonchev–Trinajstić information content (AvgIpc) is 2.62. The minimum atomic E-state index is -0.147. The number of ether oxygens (including phenoxy) is 1. The second-order valence-corrected chi connectivity index (χ2v) is 7.28. The Morgan fingerprint density at radius 3 is 2.96 bits per heavy atom. The Morgan fingerprint density at radius 1 is 1.24 bits per heavy atom. The van der Waals surface area contributed by atoms with E-state index in [-0.39, 0.29) is 12.5 Å². The molecule has 0 fully saturated rings. The molecule has 126 valence electrons. The summed E-state index contributed by atoms with van der Waals surface area (Å²) in [5.41, 5.74) is 6.35. The van der Waals surface area contributed by atoms with Crippen LogP contribution < -0.4 is 15.5 Å². The van der Waals surface area contributed by atoms with Gasteiger partial charge in [0.2, 0.25) is 0 Å². The number of hydrogen-bond acceptors (Lipinski definition) is 5. The zero-order valence-corrected chi connectivity index (χ0v) is 15.4. The highest BCUT2D eigenvalue weighted by molar-refractivity contribution is 9.10. The molecule has 25 heavy (non-hydrogen) atoms. The van der Waals surface area contributed by atoms with E-state index in [4.69, 9.17) is 4.74 Å². The van der Waals surface area contributed by atoms with Crippen LogP contribution in [-0.2, 0) is 4.79 Å². The number of hydrazone groups is 1. The summed E-state index contributed by atoms with van der Waals surface area (Å²) < 4.78 is 6.36. The van der Waals surface area contributed by atoms with Crippen LogP contribution in [0.15, 0.2) is 57.0 Å². The van der Waals surface area contributed by atoms with Crippen LogP contribution in [0.5, 0.6) is 5.75 Å². The van der Waals surface area contributed by atoms with E-state index in [0.29, 0.717) is 17.2 Å². The van der Waals surface area contributed by atoms with Crippen molar-refractivity contribution < 1.29 is 9.53 Å². The molecule has 0 aliphatic carbocycles. The number of nitrogens with zero attached hydrogens (tertiary/aromatic N) is 2. The van der Waals surface area contributed by atoms with Gasteiger partial charge in [-0.05, 0) is 36.4 Å². The summed E-state index contributed by atoms with van der Waals surface area (Å²) in [5.74, 6) is 1.22. The van der Waals surface area contributed by atoms with Crippen molar-refractivity contribution in [3.05, 3.63) is 52.5 Å². The summed E-state index contributed by atoms with van der Waals surface area (Å²) >= 11 is 5.02. The Kier molecular flexibility index (Phi) is 4.46. The smallest absolute Gasteiger partial charge is 0.262 e. The van der Waals surface area contributed by atoms with Crippen molar-refractivity contribution in [2.45, 2.75) is 0 Å². The lowest BCUT2D eigenvalue weighted by Gasteiger charge is -2.20. The van der Waals surface area contributed by atoms with Gasteiger partial charge in [0.25, 0.3) is 5.91 Å². The van der Waals surface area contributed by atoms with Crippen molar-refractivity contribution in [3.63, 3.8) is 0 Å². The predicted molar refractivity (Wildman–Crippen MR) is 104 cm³/mol. The monoisotopic (exact) mass is 416 g/mol. The molecule has 2 aliphatic heterocycles. The number of rotatable bonds is 2. The highest BCUT2D eigenvalue weighted by Crippen LogP contribution is 2.29. The quantitative estimate of drug-likeness (QED) is 0.785. The van der Waals surface area contributed by atoms with E-state index in [9.17, 15) is 4.79 Å². The second-order valence-electron chi connectivity index (χ2n) is 5.40. The molecular weight excluding hydrogens is 404 g/mol. The molecule has 2 N–H and O–H groups in total. The molecule has 0 saturated carbocycles. The lowest BCUT2D eigenvalue weighted by molar-refractivity contribution is -0.118. The molecule has 2 heterocycles. The Hall–Kier alpha value is -2.32. The summed E-state index contributed by atoms with van der Waals surface area (Å²) in [6.45, 7) is 0.0557. The normalized spacial score (nSPS) is 17.9. The fourth-order valence-electron chi connectivity index (χ4n) is 2.45. The van der Waals surface area contributed by atoms with Crippen molar-refractivity contribution in [2.24, 2.45) is 10.1 Å². The summed E-state index contributed by atoms with van der Waals surface area (Å²) in [5, 5.41) is 7.98. The first kappa shape index (κ1) is 16.2. The summed E-state index contributed by atoms with van der Waals surface area (Å²) in [6.07, 6.45) is 0. The van der Waals surface area contributed by atoms with E-state index < -0.39 is 0 Å². The van der Waals surface area contributed by atoms with Gasteiger partial charge in [0.15, 0.2) is 11.8 Å². The van der Waals surface area contributed by atoms with Gasteiger partial charge in [-0.2, -0.15) is 5.10 Å². The molecular formula is C17H13BrN4O2S. The summed E-state index contributed by atoms with van der Waals surface area (Å²) in [7, 11) is 0. The van der Waals surface area contributed by atoms with Crippen LogP contribution in [0.4, 0.5) is 11.4 Å². The third-order valence-electron chi connectivity index (χ3n) is 3.62. The predicted octanol–water partition coefficient (Wildman–Crippen LogP) is 3.51. The second kappa shape index (κ2) is 6.89. The van der Waals surface area contributed by atoms with Crippen LogP contribution in [0.25, 0.3) is 0 Å². The van der Waals surface area contributed by atoms with Gasteiger partial charge in [-0.3, -0.25) is 10.2 Å². The number of thioether (sulfide) groups is 1. The molecule has 2 aliphatic rings. The third-order valence-corrected chi connectivity index (χ3v) is 4.98. The maximum absolute atomic E-state index is 11.5. The number of anilines is 1. The Bertz CT molecular complexity index is 913. The van der Waals surface area contributed by atoms with Crippen LogP contribution in [0.3, 0.4) is 0 Å². The average molecular weight is 417 g/mol. The number of amides is 1. The van der Waals surface area contributed by atoms with E-state index in [0.717, 1.165) is 26.6 Å². The molecule has 0 bridgehead atoms. The number of aliphatic imine (C=N–C) groups is 1. The molecule has 0 unspecified atom stereocenters. The van der Waals surface area contributed by atoms with Crippen molar-refractivity contribution in [3.8, 4) is 5.75 Å². The lowest BCUT2D eigenvalue weighted by atomic mass is 10.1. The van der Waals surface area contributed by atoms with E-state index in [2.05, 4.69) is 36.8 Å². The van der Waals surface area contributed by atoms with Gasteiger partial charge >= 0.3 is 0 Å². The molecule has 0 atom stereocenters. The number of carbonyl (C=O) groups excluding carboxylic acids is 1. The zero-order valence-electron chi connectivity index (χ0n) is 13.0. The fourth-order valence-corrected chi connectivity index (χ4v) is 3.62. The van der Waals surface area contributed by atoms with Crippen molar-refractivity contribution in [1.82, 2.24) is 5.43 Å². The minimum Gasteiger partial charge on any atom is -0.482 e. The first-order valence-corrected chi connectivity index (χ1v) is 9.32. The van der Waals surface area contributed by atoms with Gasteiger partial charge in [-0.1, -0.05) is 33.8 Å². The zero-order chi connectivity index (χ0) is 17.2. The molecule has 2 aromatic carbocycles. The van der Waals surface area contributed by atoms with Gasteiger partial charge in [-0.15, -0.1) is 0 Å². The van der Waals surface area contributed by atoms with Crippen molar-refractivity contribution >= 4 is 55.9 Å². The molecule has 1 amide bonds. The number of amidine groups is 1. The van der Waals surface area contributed by atoms with Crippen molar-refractivity contribution in [1.29, 1.82) is 0 Å². The lowest BCUT2D eigenvalue weighted by Crippen LogP contribution is -2.27. The largest absolute Gasteiger partial charge is 0.482 e. The van der Waals surface area contributed by atoms with E-state index in [1.54, 1.807) is 11.8 Å². The van der Waals surface area contributed by atoms with Crippen LogP contribution >= 0.6 is 27.7 Å². The Balaban J connectivity index is 1.53. The number of nitrogens with one attached hydrogen (secondary N) is 2. The van der Waals surface area contributed by atoms with Crippen molar-refractivity contribution in [2.75, 3.05) is 17.7 Å². The number of hydrogen-bond donors (Lipinski definition) is 2. The molecule has 0 saturated heterocycles. The maximum Gasteiger partial charge on any atom is 0.262 e. The Morgan fingerprint density at radius 2 is 2.16 bits per heavy atom. The highest BCUT2D eigenvalue weighted by atomic mass is 79.9. The first-order valence-electron chi connectivity index (χ1n) is 7.54. The van der Waals surface area contributed by atoms with Gasteiger partial charge in [-0.25, -0.2) is 4.99 Å². The Labute approximate surface area is 156 Å². The molecule has 0 radical (unpaired) electrons. The number of benzene rings is 2. The standard InChI is InChI=1S/C17H13BrN4O2S/c18-11-2-1-3-12(7-11)19-17-22-21-14(9-25-17)10-4-5-15-13(6-10)20-16(23)8-24-15/h1-7H,8-9H2,(H,19,22)(H,20,23). The van der Waals surface area contributed by atoms with Gasteiger partial charge in [0, 0.05) is 15.8 Å². The first-order chi connectivity index (χ1) is 12.2. The van der Waals surface area contributed by atoms with E-state index in [1.807, 2.05) is 42.5 Å². The molecule has 0 spiro atoms. The van der Waals surface area contributed by atoms with Crippen LogP contribution in [0.2, 0.25) is 0 Å². The maximum atomic E-state index is 11.5. The van der Waals surface area contributed by atoms with E-state index >= 15 is 0 Å². The van der Waals surface area contributed by atoms with E-state index in [1.165, 1.54) is 0 Å². The topological polar surface area (TPSA) is 75.1 Å². The minimum absolute atomic E-state index is 0.0557. The molecule has 8 heteroatoms. The molecule has 6 nitrogen and oxygen atoms in total. The highest BCUT2D eigenvalue weighted by Gasteiger charge is 2.19. The van der Waals surface area contributed by atoms with Crippen LogP contribution in [0.1, 0.15) is 5.56 Å². The third kappa shape index (κ3) is 3.69. The molecule has 2 aromatic rings. The van der Waals surface area contributed by atoms with Crippen LogP contribution in [-0.4, -0.2) is 29.1 Å². The molecule has 0 aromatic heterocycles. The molecule has 4 rings (SSSR count). The van der Waals surface area contributed by atoms with Gasteiger partial charge in [0.1, 0.15) is 5.75 Å². The number of carbonyl (C=O) groups is 1. The summed E-state index contributed by atoms with van der Waals surface area (Å²) in [4.78, 5) is 16.0. The fraction of sp³-hybridized carbons (Fsp3) is 0.118. The number of fused-ring (bicyclic) bond motifs is 1.